The van der Waals surface area contributed by atoms with Gasteiger partial charge in [0.2, 0.25) is 11.8 Å². The van der Waals surface area contributed by atoms with E-state index in [0.717, 1.165) is 5.56 Å². The van der Waals surface area contributed by atoms with Crippen LogP contribution in [-0.4, -0.2) is 43.7 Å². The Kier molecular flexibility index (Phi) is 6.18. The molecule has 2 aromatic carbocycles. The van der Waals surface area contributed by atoms with Crippen molar-refractivity contribution >= 4 is 33.3 Å². The fourth-order valence-electron chi connectivity index (χ4n) is 4.12. The number of methoxy groups -OCH3 is 1. The number of aromatic nitrogens is 2. The maximum atomic E-state index is 13.8. The maximum absolute atomic E-state index is 13.8. The highest BCUT2D eigenvalue weighted by atomic mass is 32.2. The molecule has 0 saturated heterocycles. The predicted molar refractivity (Wildman–Crippen MR) is 129 cm³/mol. The number of nitrogens with one attached hydrogen (secondary N) is 1. The number of sulfonamides is 1. The van der Waals surface area contributed by atoms with Crippen LogP contribution in [0, 0.1) is 13.8 Å². The van der Waals surface area contributed by atoms with Crippen molar-refractivity contribution in [2.45, 2.75) is 38.5 Å². The number of amides is 1. The summed E-state index contributed by atoms with van der Waals surface area (Å²) >= 11 is 0. The van der Waals surface area contributed by atoms with E-state index in [2.05, 4.69) is 10.4 Å². The SMILES string of the molecule is CCN(c1cccc(C)c1)S(=O)(=O)c1cc(-c2c(C)nn3c2NC(=O)CCC3=O)ccc1OC. The van der Waals surface area contributed by atoms with Crippen molar-refractivity contribution in [1.29, 1.82) is 0 Å². The van der Waals surface area contributed by atoms with Crippen LogP contribution in [0.15, 0.2) is 47.4 Å². The van der Waals surface area contributed by atoms with Gasteiger partial charge in [-0.25, -0.2) is 8.42 Å². The van der Waals surface area contributed by atoms with Gasteiger partial charge >= 0.3 is 0 Å². The molecular formula is C24H26N4O5S. The first-order chi connectivity index (χ1) is 16.2. The van der Waals surface area contributed by atoms with Gasteiger partial charge in [-0.2, -0.15) is 9.78 Å². The minimum absolute atomic E-state index is 0.0264. The molecule has 0 saturated carbocycles. The number of anilines is 2. The largest absolute Gasteiger partial charge is 0.495 e. The van der Waals surface area contributed by atoms with E-state index in [1.165, 1.54) is 22.2 Å². The second-order valence-electron chi connectivity index (χ2n) is 8.04. The third kappa shape index (κ3) is 4.05. The van der Waals surface area contributed by atoms with Crippen LogP contribution in [0.4, 0.5) is 11.5 Å². The molecule has 9 nitrogen and oxygen atoms in total. The molecule has 1 aromatic heterocycles. The van der Waals surface area contributed by atoms with Crippen LogP contribution in [0.3, 0.4) is 0 Å². The van der Waals surface area contributed by atoms with Crippen molar-refractivity contribution in [2.75, 3.05) is 23.3 Å². The summed E-state index contributed by atoms with van der Waals surface area (Å²) in [6, 6.07) is 12.0. The van der Waals surface area contributed by atoms with E-state index in [9.17, 15) is 18.0 Å². The van der Waals surface area contributed by atoms with Crippen LogP contribution in [-0.2, 0) is 14.8 Å². The van der Waals surface area contributed by atoms with Gasteiger partial charge < -0.3 is 10.1 Å². The second kappa shape index (κ2) is 8.94. The van der Waals surface area contributed by atoms with E-state index in [0.29, 0.717) is 22.5 Å². The van der Waals surface area contributed by atoms with Gasteiger partial charge in [-0.15, -0.1) is 0 Å². The molecule has 0 unspecified atom stereocenters. The molecule has 10 heteroatoms. The molecule has 0 aliphatic carbocycles. The monoisotopic (exact) mass is 482 g/mol. The highest BCUT2D eigenvalue weighted by Gasteiger charge is 2.30. The Morgan fingerprint density at radius 2 is 1.88 bits per heavy atom. The molecule has 2 heterocycles. The smallest absolute Gasteiger partial charge is 0.268 e. The quantitative estimate of drug-likeness (QED) is 0.573. The number of benzene rings is 2. The zero-order chi connectivity index (χ0) is 24.6. The number of nitrogens with zero attached hydrogens (tertiary/aromatic N) is 3. The average Bonchev–Trinajstić information content (AvgIpc) is 3.05. The summed E-state index contributed by atoms with van der Waals surface area (Å²) in [5, 5.41) is 7.05. The van der Waals surface area contributed by atoms with Crippen molar-refractivity contribution in [1.82, 2.24) is 9.78 Å². The molecule has 1 aliphatic rings. The Morgan fingerprint density at radius 3 is 2.56 bits per heavy atom. The number of carbonyl (C=O) groups excluding carboxylic acids is 2. The van der Waals surface area contributed by atoms with Gasteiger partial charge in [0.15, 0.2) is 0 Å². The van der Waals surface area contributed by atoms with Crippen molar-refractivity contribution in [3.8, 4) is 16.9 Å². The molecule has 0 spiro atoms. The van der Waals surface area contributed by atoms with Gasteiger partial charge in [-0.05, 0) is 56.2 Å². The number of ether oxygens (including phenoxy) is 1. The van der Waals surface area contributed by atoms with Gasteiger partial charge in [0.05, 0.1) is 18.5 Å². The van der Waals surface area contributed by atoms with E-state index in [1.54, 1.807) is 38.1 Å². The Morgan fingerprint density at radius 1 is 1.12 bits per heavy atom. The van der Waals surface area contributed by atoms with E-state index < -0.39 is 10.0 Å². The Bertz CT molecular complexity index is 1390. The number of fused-ring (bicyclic) bond motifs is 1. The second-order valence-corrected chi connectivity index (χ2v) is 9.87. The predicted octanol–water partition coefficient (Wildman–Crippen LogP) is 3.76. The number of hydrogen-bond donors (Lipinski definition) is 1. The third-order valence-electron chi connectivity index (χ3n) is 5.72. The van der Waals surface area contributed by atoms with Crippen molar-refractivity contribution in [3.05, 3.63) is 53.7 Å². The topological polar surface area (TPSA) is 111 Å². The molecule has 1 N–H and O–H groups in total. The minimum Gasteiger partial charge on any atom is -0.495 e. The fourth-order valence-corrected chi connectivity index (χ4v) is 5.77. The van der Waals surface area contributed by atoms with Crippen LogP contribution >= 0.6 is 0 Å². The van der Waals surface area contributed by atoms with Gasteiger partial charge in [0, 0.05) is 24.9 Å². The Balaban J connectivity index is 1.89. The molecule has 0 bridgehead atoms. The summed E-state index contributed by atoms with van der Waals surface area (Å²) in [6.45, 7) is 5.58. The minimum atomic E-state index is -4.01. The van der Waals surface area contributed by atoms with Crippen LogP contribution in [0.25, 0.3) is 11.1 Å². The van der Waals surface area contributed by atoms with Gasteiger partial charge in [0.1, 0.15) is 16.5 Å². The number of aryl methyl sites for hydroxylation is 2. The summed E-state index contributed by atoms with van der Waals surface area (Å²) in [5.74, 6) is -0.178. The van der Waals surface area contributed by atoms with Crippen molar-refractivity contribution in [3.63, 3.8) is 0 Å². The summed E-state index contributed by atoms with van der Waals surface area (Å²) in [4.78, 5) is 24.6. The maximum Gasteiger partial charge on any atom is 0.268 e. The summed E-state index contributed by atoms with van der Waals surface area (Å²) in [6.07, 6.45) is 0.106. The first-order valence-corrected chi connectivity index (χ1v) is 12.3. The lowest BCUT2D eigenvalue weighted by Crippen LogP contribution is -2.31. The van der Waals surface area contributed by atoms with Gasteiger partial charge in [-0.3, -0.25) is 13.9 Å². The van der Waals surface area contributed by atoms with Crippen LogP contribution in [0.5, 0.6) is 5.75 Å². The molecule has 1 amide bonds. The van der Waals surface area contributed by atoms with Crippen molar-refractivity contribution < 1.29 is 22.7 Å². The summed E-state index contributed by atoms with van der Waals surface area (Å²) in [5.41, 5.74) is 2.95. The van der Waals surface area contributed by atoms with Crippen LogP contribution < -0.4 is 14.4 Å². The Labute approximate surface area is 198 Å². The lowest BCUT2D eigenvalue weighted by atomic mass is 10.1. The molecular weight excluding hydrogens is 456 g/mol. The van der Waals surface area contributed by atoms with Crippen molar-refractivity contribution in [2.24, 2.45) is 0 Å². The molecule has 0 atom stereocenters. The highest BCUT2D eigenvalue weighted by molar-refractivity contribution is 7.93. The van der Waals surface area contributed by atoms with E-state index in [-0.39, 0.29) is 47.7 Å². The Hall–Kier alpha value is -3.66. The molecule has 3 aromatic rings. The molecule has 4 rings (SSSR count). The molecule has 178 valence electrons. The van der Waals surface area contributed by atoms with E-state index in [1.807, 2.05) is 19.1 Å². The first-order valence-electron chi connectivity index (χ1n) is 10.9. The summed E-state index contributed by atoms with van der Waals surface area (Å²) < 4.78 is 35.5. The summed E-state index contributed by atoms with van der Waals surface area (Å²) in [7, 11) is -2.60. The van der Waals surface area contributed by atoms with Gasteiger partial charge in [0.25, 0.3) is 10.0 Å². The molecule has 34 heavy (non-hydrogen) atoms. The number of carbonyl (C=O) groups is 2. The standard InChI is InChI=1S/C24H26N4O5S/c1-5-27(18-8-6-7-15(2)13-18)34(31,32)20-14-17(9-10-19(20)33-4)23-16(3)26-28-22(30)12-11-21(29)25-24(23)28/h6-10,13-14H,5,11-12H2,1-4H3,(H,25,29). The highest BCUT2D eigenvalue weighted by Crippen LogP contribution is 2.38. The zero-order valence-corrected chi connectivity index (χ0v) is 20.3. The fraction of sp³-hybridized carbons (Fsp3) is 0.292. The molecule has 0 fully saturated rings. The zero-order valence-electron chi connectivity index (χ0n) is 19.5. The van der Waals surface area contributed by atoms with E-state index >= 15 is 0 Å². The normalized spacial score (nSPS) is 13.8. The van der Waals surface area contributed by atoms with Crippen LogP contribution in [0.1, 0.15) is 35.8 Å². The average molecular weight is 483 g/mol. The number of rotatable bonds is 6. The van der Waals surface area contributed by atoms with Crippen LogP contribution in [0.2, 0.25) is 0 Å². The lowest BCUT2D eigenvalue weighted by Gasteiger charge is -2.24. The molecule has 0 radical (unpaired) electrons. The number of hydrogen-bond acceptors (Lipinski definition) is 6. The first kappa shape index (κ1) is 23.5. The third-order valence-corrected chi connectivity index (χ3v) is 7.64. The van der Waals surface area contributed by atoms with Gasteiger partial charge in [-0.1, -0.05) is 18.2 Å². The lowest BCUT2D eigenvalue weighted by molar-refractivity contribution is -0.116. The molecule has 1 aliphatic heterocycles. The van der Waals surface area contributed by atoms with E-state index in [4.69, 9.17) is 4.74 Å².